The van der Waals surface area contributed by atoms with Crippen LogP contribution in [0.5, 0.6) is 0 Å². The van der Waals surface area contributed by atoms with E-state index < -0.39 is 0 Å². The summed E-state index contributed by atoms with van der Waals surface area (Å²) in [6, 6.07) is 5.96. The highest BCUT2D eigenvalue weighted by Crippen LogP contribution is 2.25. The lowest BCUT2D eigenvalue weighted by molar-refractivity contribution is -0.146. The van der Waals surface area contributed by atoms with E-state index in [-0.39, 0.29) is 23.6 Å². The van der Waals surface area contributed by atoms with E-state index in [1.807, 2.05) is 6.26 Å². The molecule has 0 spiro atoms. The number of hydrogen-bond donors (Lipinski definition) is 0. The minimum atomic E-state index is -0.336. The van der Waals surface area contributed by atoms with Gasteiger partial charge in [-0.05, 0) is 43.4 Å². The molecule has 0 unspecified atom stereocenters. The van der Waals surface area contributed by atoms with E-state index in [1.165, 1.54) is 31.0 Å². The summed E-state index contributed by atoms with van der Waals surface area (Å²) in [4.78, 5) is 30.7. The van der Waals surface area contributed by atoms with E-state index >= 15 is 0 Å². The number of imidazole rings is 1. The van der Waals surface area contributed by atoms with E-state index in [0.717, 1.165) is 0 Å². The quantitative estimate of drug-likeness (QED) is 0.606. The Morgan fingerprint density at radius 3 is 2.46 bits per heavy atom. The first kappa shape index (κ1) is 18.4. The number of esters is 1. The Balaban J connectivity index is 1.83. The average molecular weight is 377 g/mol. The molecule has 0 radical (unpaired) electrons. The van der Waals surface area contributed by atoms with Gasteiger partial charge in [-0.25, -0.2) is 9.37 Å². The van der Waals surface area contributed by atoms with Crippen LogP contribution in [0.25, 0.3) is 5.69 Å². The number of aromatic nitrogens is 2. The number of ether oxygens (including phenoxy) is 1. The summed E-state index contributed by atoms with van der Waals surface area (Å²) >= 11 is 1.41. The van der Waals surface area contributed by atoms with Crippen LogP contribution in [-0.2, 0) is 9.53 Å². The zero-order valence-electron chi connectivity index (χ0n) is 14.6. The molecule has 138 valence electrons. The minimum Gasteiger partial charge on any atom is -0.469 e. The molecule has 1 amide bonds. The third-order valence-corrected chi connectivity index (χ3v) is 5.19. The molecule has 1 fully saturated rings. The third-order valence-electron chi connectivity index (χ3n) is 4.53. The lowest BCUT2D eigenvalue weighted by atomic mass is 9.97. The molecule has 1 aliphatic rings. The van der Waals surface area contributed by atoms with E-state index in [4.69, 9.17) is 4.74 Å². The van der Waals surface area contributed by atoms with Crippen LogP contribution in [0.15, 0.2) is 35.6 Å². The highest BCUT2D eigenvalue weighted by atomic mass is 32.2. The molecule has 1 aromatic heterocycles. The van der Waals surface area contributed by atoms with Crippen molar-refractivity contribution in [2.24, 2.45) is 5.92 Å². The summed E-state index contributed by atoms with van der Waals surface area (Å²) in [6.45, 7) is 0.976. The smallest absolute Gasteiger partial charge is 0.308 e. The second kappa shape index (κ2) is 7.90. The van der Waals surface area contributed by atoms with Crippen LogP contribution in [-0.4, -0.2) is 52.8 Å². The zero-order valence-corrected chi connectivity index (χ0v) is 15.5. The number of methoxy groups -OCH3 is 1. The second-order valence-electron chi connectivity index (χ2n) is 6.03. The molecule has 3 rings (SSSR count). The van der Waals surface area contributed by atoms with Crippen LogP contribution in [0.1, 0.15) is 23.3 Å². The number of amides is 1. The fourth-order valence-electron chi connectivity index (χ4n) is 3.12. The van der Waals surface area contributed by atoms with E-state index in [1.54, 1.807) is 27.8 Å². The van der Waals surface area contributed by atoms with Crippen LogP contribution in [0.2, 0.25) is 0 Å². The molecule has 1 saturated heterocycles. The fourth-order valence-corrected chi connectivity index (χ4v) is 3.66. The Hall–Kier alpha value is -2.35. The summed E-state index contributed by atoms with van der Waals surface area (Å²) in [7, 11) is 1.38. The Bertz CT molecular complexity index is 799. The summed E-state index contributed by atoms with van der Waals surface area (Å²) in [5.74, 6) is -0.867. The first-order valence-electron chi connectivity index (χ1n) is 8.30. The molecular formula is C18H20FN3O3S. The van der Waals surface area contributed by atoms with Gasteiger partial charge in [0.15, 0.2) is 5.16 Å². The maximum Gasteiger partial charge on any atom is 0.308 e. The number of hydrogen-bond acceptors (Lipinski definition) is 5. The Morgan fingerprint density at radius 1 is 1.23 bits per heavy atom. The minimum absolute atomic E-state index is 0.148. The van der Waals surface area contributed by atoms with Gasteiger partial charge in [-0.2, -0.15) is 0 Å². The number of benzene rings is 1. The molecule has 1 aromatic carbocycles. The lowest BCUT2D eigenvalue weighted by Crippen LogP contribution is -2.41. The maximum absolute atomic E-state index is 13.2. The molecule has 0 N–H and O–H groups in total. The molecule has 26 heavy (non-hydrogen) atoms. The Morgan fingerprint density at radius 2 is 1.88 bits per heavy atom. The summed E-state index contributed by atoms with van der Waals surface area (Å²) in [5.41, 5.74) is 1.11. The van der Waals surface area contributed by atoms with Crippen LogP contribution < -0.4 is 0 Å². The van der Waals surface area contributed by atoms with Crippen molar-refractivity contribution in [1.29, 1.82) is 0 Å². The number of thioether (sulfide) groups is 1. The van der Waals surface area contributed by atoms with Gasteiger partial charge in [-0.1, -0.05) is 11.8 Å². The largest absolute Gasteiger partial charge is 0.469 e. The molecule has 2 aromatic rings. The number of piperidine rings is 1. The molecule has 1 aliphatic heterocycles. The zero-order chi connectivity index (χ0) is 18.7. The van der Waals surface area contributed by atoms with Gasteiger partial charge in [-0.3, -0.25) is 14.2 Å². The molecule has 0 aliphatic carbocycles. The van der Waals surface area contributed by atoms with Crippen LogP contribution >= 0.6 is 11.8 Å². The topological polar surface area (TPSA) is 64.4 Å². The van der Waals surface area contributed by atoms with Crippen molar-refractivity contribution in [1.82, 2.24) is 14.5 Å². The Labute approximate surface area is 155 Å². The van der Waals surface area contributed by atoms with Crippen LogP contribution in [0.3, 0.4) is 0 Å². The monoisotopic (exact) mass is 377 g/mol. The van der Waals surface area contributed by atoms with Crippen molar-refractivity contribution in [2.75, 3.05) is 26.5 Å². The van der Waals surface area contributed by atoms with E-state index in [2.05, 4.69) is 4.98 Å². The number of likely N-dealkylation sites (tertiary alicyclic amines) is 1. The maximum atomic E-state index is 13.2. The third kappa shape index (κ3) is 3.60. The van der Waals surface area contributed by atoms with Gasteiger partial charge >= 0.3 is 5.97 Å². The highest BCUT2D eigenvalue weighted by molar-refractivity contribution is 7.98. The highest BCUT2D eigenvalue weighted by Gasteiger charge is 2.30. The second-order valence-corrected chi connectivity index (χ2v) is 6.80. The van der Waals surface area contributed by atoms with Crippen molar-refractivity contribution in [3.8, 4) is 5.69 Å². The van der Waals surface area contributed by atoms with E-state index in [0.29, 0.717) is 42.5 Å². The van der Waals surface area contributed by atoms with Gasteiger partial charge in [0.05, 0.1) is 19.2 Å². The molecule has 6 nitrogen and oxygen atoms in total. The molecule has 8 heteroatoms. The van der Waals surface area contributed by atoms with Crippen molar-refractivity contribution in [3.05, 3.63) is 42.0 Å². The average Bonchev–Trinajstić information content (AvgIpc) is 3.11. The Kier molecular flexibility index (Phi) is 5.61. The molecular weight excluding hydrogens is 357 g/mol. The van der Waals surface area contributed by atoms with Gasteiger partial charge < -0.3 is 9.64 Å². The summed E-state index contributed by atoms with van der Waals surface area (Å²) < 4.78 is 19.8. The molecule has 0 bridgehead atoms. The van der Waals surface area contributed by atoms with Crippen molar-refractivity contribution < 1.29 is 18.7 Å². The first-order chi connectivity index (χ1) is 12.5. The first-order valence-corrected chi connectivity index (χ1v) is 9.52. The molecule has 0 atom stereocenters. The van der Waals surface area contributed by atoms with E-state index in [9.17, 15) is 14.0 Å². The van der Waals surface area contributed by atoms with Crippen molar-refractivity contribution >= 4 is 23.6 Å². The van der Waals surface area contributed by atoms with Crippen molar-refractivity contribution in [2.45, 2.75) is 18.0 Å². The number of rotatable bonds is 4. The summed E-state index contributed by atoms with van der Waals surface area (Å²) in [6.07, 6.45) is 4.58. The standard InChI is InChI=1S/C18H20FN3O3S/c1-25-17(24)12-7-9-21(10-8-12)16(23)15-11-20-18(26-2)22(15)14-5-3-13(19)4-6-14/h3-6,11-12H,7-10H2,1-2H3. The van der Waals surface area contributed by atoms with Crippen LogP contribution in [0, 0.1) is 11.7 Å². The van der Waals surface area contributed by atoms with Gasteiger partial charge in [-0.15, -0.1) is 0 Å². The molecule has 2 heterocycles. The van der Waals surface area contributed by atoms with Gasteiger partial charge in [0.1, 0.15) is 11.5 Å². The predicted molar refractivity (Wildman–Crippen MR) is 95.9 cm³/mol. The normalized spacial score (nSPS) is 15.1. The number of carbonyl (C=O) groups is 2. The fraction of sp³-hybridized carbons (Fsp3) is 0.389. The van der Waals surface area contributed by atoms with Crippen LogP contribution in [0.4, 0.5) is 4.39 Å². The number of carbonyl (C=O) groups excluding carboxylic acids is 2. The summed E-state index contributed by atoms with van der Waals surface area (Å²) in [5, 5.41) is 0.657. The predicted octanol–water partition coefficient (Wildman–Crippen LogP) is 2.76. The molecule has 0 saturated carbocycles. The number of nitrogens with zero attached hydrogens (tertiary/aromatic N) is 3. The lowest BCUT2D eigenvalue weighted by Gasteiger charge is -2.30. The van der Waals surface area contributed by atoms with Gasteiger partial charge in [0, 0.05) is 18.8 Å². The van der Waals surface area contributed by atoms with Gasteiger partial charge in [0.25, 0.3) is 5.91 Å². The van der Waals surface area contributed by atoms with Crippen molar-refractivity contribution in [3.63, 3.8) is 0 Å². The SMILES string of the molecule is COC(=O)C1CCN(C(=O)c2cnc(SC)n2-c2ccc(F)cc2)CC1. The number of halogens is 1. The van der Waals surface area contributed by atoms with Gasteiger partial charge in [0.2, 0.25) is 0 Å².